The van der Waals surface area contributed by atoms with Gasteiger partial charge in [0.15, 0.2) is 0 Å². The van der Waals surface area contributed by atoms with Crippen molar-refractivity contribution in [1.82, 2.24) is 10.6 Å². The zero-order chi connectivity index (χ0) is 10.4. The van der Waals surface area contributed by atoms with Crippen LogP contribution in [0.15, 0.2) is 24.3 Å². The van der Waals surface area contributed by atoms with Crippen molar-refractivity contribution in [2.24, 2.45) is 0 Å². The van der Waals surface area contributed by atoms with Gasteiger partial charge in [-0.1, -0.05) is 18.7 Å². The maximum absolute atomic E-state index is 11.5. The van der Waals surface area contributed by atoms with E-state index in [1.54, 1.807) is 6.08 Å². The lowest BCUT2D eigenvalue weighted by atomic mass is 10.1. The average molecular weight is 194 g/mol. The molecule has 78 valence electrons. The van der Waals surface area contributed by atoms with Gasteiger partial charge in [0.05, 0.1) is 0 Å². The second-order valence-electron chi connectivity index (χ2n) is 3.52. The first kappa shape index (κ1) is 11.0. The van der Waals surface area contributed by atoms with Crippen LogP contribution in [-0.4, -0.2) is 25.0 Å². The average Bonchev–Trinajstić information content (AvgIpc) is 2.19. The molecule has 1 saturated heterocycles. The van der Waals surface area contributed by atoms with Crippen LogP contribution in [0.5, 0.6) is 0 Å². The summed E-state index contributed by atoms with van der Waals surface area (Å²) in [7, 11) is 0. The maximum atomic E-state index is 11.5. The molecule has 14 heavy (non-hydrogen) atoms. The van der Waals surface area contributed by atoms with Gasteiger partial charge < -0.3 is 10.6 Å². The number of rotatable bonds is 3. The van der Waals surface area contributed by atoms with Gasteiger partial charge in [0.2, 0.25) is 0 Å². The summed E-state index contributed by atoms with van der Waals surface area (Å²) in [6, 6.07) is 0.311. The molecule has 1 heterocycles. The number of carbonyl (C=O) groups is 1. The SMILES string of the molecule is C=C(/C=C\C)C(=O)NC1CCNCC1. The van der Waals surface area contributed by atoms with Crippen LogP contribution in [0.1, 0.15) is 19.8 Å². The molecule has 1 amide bonds. The van der Waals surface area contributed by atoms with Crippen molar-refractivity contribution in [3.05, 3.63) is 24.3 Å². The number of nitrogens with one attached hydrogen (secondary N) is 2. The van der Waals surface area contributed by atoms with Gasteiger partial charge in [-0.2, -0.15) is 0 Å². The van der Waals surface area contributed by atoms with Gasteiger partial charge in [0, 0.05) is 11.6 Å². The fraction of sp³-hybridized carbons (Fsp3) is 0.545. The summed E-state index contributed by atoms with van der Waals surface area (Å²) < 4.78 is 0. The Labute approximate surface area is 85.3 Å². The predicted octanol–water partition coefficient (Wildman–Crippen LogP) is 0.987. The first-order valence-corrected chi connectivity index (χ1v) is 5.07. The number of amides is 1. The van der Waals surface area contributed by atoms with Gasteiger partial charge in [-0.15, -0.1) is 0 Å². The van der Waals surface area contributed by atoms with E-state index in [2.05, 4.69) is 17.2 Å². The molecule has 0 aliphatic carbocycles. The molecule has 1 rings (SSSR count). The highest BCUT2D eigenvalue weighted by atomic mass is 16.1. The van der Waals surface area contributed by atoms with Crippen molar-refractivity contribution in [1.29, 1.82) is 0 Å². The summed E-state index contributed by atoms with van der Waals surface area (Å²) in [6.45, 7) is 7.55. The minimum Gasteiger partial charge on any atom is -0.349 e. The number of piperidine rings is 1. The van der Waals surface area contributed by atoms with Gasteiger partial charge in [-0.3, -0.25) is 4.79 Å². The smallest absolute Gasteiger partial charge is 0.250 e. The molecule has 3 nitrogen and oxygen atoms in total. The molecule has 0 bridgehead atoms. The van der Waals surface area contributed by atoms with Crippen LogP contribution in [0, 0.1) is 0 Å². The van der Waals surface area contributed by atoms with Gasteiger partial charge >= 0.3 is 0 Å². The Balaban J connectivity index is 2.35. The van der Waals surface area contributed by atoms with E-state index in [9.17, 15) is 4.79 Å². The molecule has 2 N–H and O–H groups in total. The van der Waals surface area contributed by atoms with E-state index in [-0.39, 0.29) is 5.91 Å². The molecule has 1 aliphatic heterocycles. The summed E-state index contributed by atoms with van der Waals surface area (Å²) in [4.78, 5) is 11.5. The topological polar surface area (TPSA) is 41.1 Å². The Bertz CT molecular complexity index is 240. The largest absolute Gasteiger partial charge is 0.349 e. The lowest BCUT2D eigenvalue weighted by molar-refractivity contribution is -0.118. The Hall–Kier alpha value is -1.09. The van der Waals surface area contributed by atoms with Crippen LogP contribution in [-0.2, 0) is 4.79 Å². The Kier molecular flexibility index (Phi) is 4.40. The molecule has 0 aromatic rings. The monoisotopic (exact) mass is 194 g/mol. The highest BCUT2D eigenvalue weighted by Crippen LogP contribution is 2.03. The van der Waals surface area contributed by atoms with Crippen molar-refractivity contribution >= 4 is 5.91 Å². The highest BCUT2D eigenvalue weighted by molar-refractivity contribution is 5.95. The normalized spacial score (nSPS) is 18.4. The van der Waals surface area contributed by atoms with Gasteiger partial charge in [-0.05, 0) is 32.9 Å². The molecule has 0 spiro atoms. The lowest BCUT2D eigenvalue weighted by Crippen LogP contribution is -2.42. The van der Waals surface area contributed by atoms with Crippen LogP contribution in [0.2, 0.25) is 0 Å². The molecule has 0 atom stereocenters. The van der Waals surface area contributed by atoms with Crippen molar-refractivity contribution in [3.63, 3.8) is 0 Å². The third kappa shape index (κ3) is 3.34. The summed E-state index contributed by atoms with van der Waals surface area (Å²) in [5.74, 6) is -0.0463. The van der Waals surface area contributed by atoms with E-state index < -0.39 is 0 Å². The minimum absolute atomic E-state index is 0.0463. The minimum atomic E-state index is -0.0463. The van der Waals surface area contributed by atoms with Gasteiger partial charge in [0.25, 0.3) is 5.91 Å². The van der Waals surface area contributed by atoms with E-state index in [4.69, 9.17) is 0 Å². The van der Waals surface area contributed by atoms with Crippen LogP contribution < -0.4 is 10.6 Å². The Morgan fingerprint density at radius 1 is 1.50 bits per heavy atom. The molecule has 0 radical (unpaired) electrons. The van der Waals surface area contributed by atoms with Gasteiger partial charge in [0.1, 0.15) is 0 Å². The van der Waals surface area contributed by atoms with E-state index in [1.165, 1.54) is 0 Å². The summed E-state index contributed by atoms with van der Waals surface area (Å²) in [6.07, 6.45) is 5.57. The molecule has 1 aliphatic rings. The zero-order valence-electron chi connectivity index (χ0n) is 8.68. The maximum Gasteiger partial charge on any atom is 0.250 e. The number of hydrogen-bond donors (Lipinski definition) is 2. The molecule has 3 heteroatoms. The highest BCUT2D eigenvalue weighted by Gasteiger charge is 2.15. The summed E-state index contributed by atoms with van der Waals surface area (Å²) in [5.41, 5.74) is 0.533. The third-order valence-corrected chi connectivity index (χ3v) is 2.33. The predicted molar refractivity (Wildman–Crippen MR) is 58.0 cm³/mol. The number of carbonyl (C=O) groups excluding carboxylic acids is 1. The molecule has 0 aromatic carbocycles. The first-order chi connectivity index (χ1) is 6.74. The van der Waals surface area contributed by atoms with E-state index in [0.717, 1.165) is 25.9 Å². The van der Waals surface area contributed by atoms with Crippen molar-refractivity contribution in [2.75, 3.05) is 13.1 Å². The molecular formula is C11H18N2O. The van der Waals surface area contributed by atoms with E-state index in [0.29, 0.717) is 11.6 Å². The van der Waals surface area contributed by atoms with Crippen molar-refractivity contribution in [2.45, 2.75) is 25.8 Å². The molecule has 0 aromatic heterocycles. The summed E-state index contributed by atoms with van der Waals surface area (Å²) in [5, 5.41) is 6.23. The zero-order valence-corrected chi connectivity index (χ0v) is 8.68. The summed E-state index contributed by atoms with van der Waals surface area (Å²) >= 11 is 0. The Morgan fingerprint density at radius 3 is 2.71 bits per heavy atom. The second kappa shape index (κ2) is 5.60. The van der Waals surface area contributed by atoms with Crippen LogP contribution in [0.25, 0.3) is 0 Å². The van der Waals surface area contributed by atoms with Crippen LogP contribution >= 0.6 is 0 Å². The standard InChI is InChI=1S/C11H18N2O/c1-3-4-9(2)11(14)13-10-5-7-12-8-6-10/h3-4,10,12H,2,5-8H2,1H3,(H,13,14)/b4-3-. The van der Waals surface area contributed by atoms with Crippen LogP contribution in [0.3, 0.4) is 0 Å². The van der Waals surface area contributed by atoms with E-state index in [1.807, 2.05) is 13.0 Å². The van der Waals surface area contributed by atoms with Crippen molar-refractivity contribution in [3.8, 4) is 0 Å². The fourth-order valence-electron chi connectivity index (χ4n) is 1.52. The number of hydrogen-bond acceptors (Lipinski definition) is 2. The van der Waals surface area contributed by atoms with Crippen molar-refractivity contribution < 1.29 is 4.79 Å². The molecular weight excluding hydrogens is 176 g/mol. The Morgan fingerprint density at radius 2 is 2.14 bits per heavy atom. The first-order valence-electron chi connectivity index (χ1n) is 5.07. The molecule has 1 fully saturated rings. The third-order valence-electron chi connectivity index (χ3n) is 2.33. The van der Waals surface area contributed by atoms with Gasteiger partial charge in [-0.25, -0.2) is 0 Å². The van der Waals surface area contributed by atoms with Crippen LogP contribution in [0.4, 0.5) is 0 Å². The molecule has 0 saturated carbocycles. The fourth-order valence-corrected chi connectivity index (χ4v) is 1.52. The number of allylic oxidation sites excluding steroid dienone is 1. The quantitative estimate of drug-likeness (QED) is 0.519. The second-order valence-corrected chi connectivity index (χ2v) is 3.52. The lowest BCUT2D eigenvalue weighted by Gasteiger charge is -2.23. The van der Waals surface area contributed by atoms with E-state index >= 15 is 0 Å². The molecule has 0 unspecified atom stereocenters.